The van der Waals surface area contributed by atoms with Crippen LogP contribution in [0.4, 0.5) is 4.39 Å². The summed E-state index contributed by atoms with van der Waals surface area (Å²) in [6, 6.07) is 1.02. The van der Waals surface area contributed by atoms with Crippen LogP contribution in [0, 0.1) is 5.82 Å². The Labute approximate surface area is 79.6 Å². The number of carboxylic acid groups (broad SMARTS) is 1. The lowest BCUT2D eigenvalue weighted by Gasteiger charge is -2.12. The van der Waals surface area contributed by atoms with Crippen molar-refractivity contribution < 1.29 is 14.3 Å². The Morgan fingerprint density at radius 2 is 2.29 bits per heavy atom. The van der Waals surface area contributed by atoms with E-state index in [4.69, 9.17) is 5.11 Å². The number of hydrogen-bond donors (Lipinski definition) is 1. The summed E-state index contributed by atoms with van der Waals surface area (Å²) in [5.74, 6) is -1.76. The molecule has 0 saturated carbocycles. The zero-order valence-corrected chi connectivity index (χ0v) is 7.61. The van der Waals surface area contributed by atoms with Gasteiger partial charge in [0.25, 0.3) is 5.56 Å². The molecule has 1 rings (SSSR count). The predicted molar refractivity (Wildman–Crippen MR) is 47.6 cm³/mol. The van der Waals surface area contributed by atoms with Gasteiger partial charge >= 0.3 is 5.97 Å². The van der Waals surface area contributed by atoms with E-state index in [9.17, 15) is 14.0 Å². The second-order valence-electron chi connectivity index (χ2n) is 2.86. The lowest BCUT2D eigenvalue weighted by atomic mass is 10.2. The number of pyridine rings is 1. The molecular formula is C9H10FNO3. The molecule has 1 unspecified atom stereocenters. The Hall–Kier alpha value is -1.65. The molecular weight excluding hydrogens is 189 g/mol. The number of hydrogen-bond acceptors (Lipinski definition) is 2. The number of rotatable bonds is 3. The van der Waals surface area contributed by atoms with Gasteiger partial charge in [0.05, 0.1) is 0 Å². The van der Waals surface area contributed by atoms with Gasteiger partial charge in [-0.25, -0.2) is 9.18 Å². The highest BCUT2D eigenvalue weighted by atomic mass is 19.1. The van der Waals surface area contributed by atoms with Crippen LogP contribution in [-0.4, -0.2) is 15.6 Å². The van der Waals surface area contributed by atoms with E-state index in [0.717, 1.165) is 22.9 Å². The van der Waals surface area contributed by atoms with Crippen LogP contribution in [0.1, 0.15) is 19.4 Å². The summed E-state index contributed by atoms with van der Waals surface area (Å²) in [6.45, 7) is 1.62. The summed E-state index contributed by atoms with van der Waals surface area (Å²) in [4.78, 5) is 21.9. The van der Waals surface area contributed by atoms with Crippen molar-refractivity contribution in [2.24, 2.45) is 0 Å². The molecule has 1 aromatic rings. The second-order valence-corrected chi connectivity index (χ2v) is 2.86. The van der Waals surface area contributed by atoms with Crippen molar-refractivity contribution in [3.05, 3.63) is 34.5 Å². The maximum atomic E-state index is 12.8. The number of aliphatic carboxylic acids is 1. The van der Waals surface area contributed by atoms with Crippen molar-refractivity contribution in [1.29, 1.82) is 0 Å². The Bertz CT molecular complexity index is 399. The average molecular weight is 199 g/mol. The van der Waals surface area contributed by atoms with Crippen LogP contribution in [-0.2, 0) is 4.79 Å². The smallest absolute Gasteiger partial charge is 0.326 e. The number of halogens is 1. The van der Waals surface area contributed by atoms with E-state index < -0.39 is 23.4 Å². The fraction of sp³-hybridized carbons (Fsp3) is 0.333. The molecule has 0 radical (unpaired) electrons. The van der Waals surface area contributed by atoms with E-state index in [2.05, 4.69) is 0 Å². The van der Waals surface area contributed by atoms with Crippen molar-refractivity contribution in [1.82, 2.24) is 4.57 Å². The molecule has 0 spiro atoms. The highest BCUT2D eigenvalue weighted by Gasteiger charge is 2.18. The summed E-state index contributed by atoms with van der Waals surface area (Å²) < 4.78 is 13.6. The standard InChI is InChI=1S/C9H10FNO3/c1-2-7(9(13)14)11-5-6(10)3-4-8(11)12/h3-5,7H,2H2,1H3,(H,13,14). The first kappa shape index (κ1) is 10.4. The lowest BCUT2D eigenvalue weighted by molar-refractivity contribution is -0.141. The maximum Gasteiger partial charge on any atom is 0.326 e. The number of carbonyl (C=O) groups is 1. The molecule has 0 amide bonds. The summed E-state index contributed by atoms with van der Waals surface area (Å²) in [7, 11) is 0. The quantitative estimate of drug-likeness (QED) is 0.790. The molecule has 0 aliphatic carbocycles. The molecule has 0 bridgehead atoms. The summed E-state index contributed by atoms with van der Waals surface area (Å²) in [5.41, 5.74) is -0.513. The zero-order chi connectivity index (χ0) is 10.7. The minimum atomic E-state index is -1.14. The van der Waals surface area contributed by atoms with Gasteiger partial charge in [0.2, 0.25) is 0 Å². The monoisotopic (exact) mass is 199 g/mol. The normalized spacial score (nSPS) is 12.4. The van der Waals surface area contributed by atoms with Gasteiger partial charge in [-0.3, -0.25) is 9.36 Å². The number of carboxylic acids is 1. The van der Waals surface area contributed by atoms with Gasteiger partial charge in [-0.15, -0.1) is 0 Å². The number of nitrogens with zero attached hydrogens (tertiary/aromatic N) is 1. The van der Waals surface area contributed by atoms with E-state index >= 15 is 0 Å². The third kappa shape index (κ3) is 1.99. The Kier molecular flexibility index (Phi) is 3.01. The van der Waals surface area contributed by atoms with Crippen LogP contribution in [0.2, 0.25) is 0 Å². The molecule has 0 aliphatic heterocycles. The summed E-state index contributed by atoms with van der Waals surface area (Å²) in [5, 5.41) is 8.76. The van der Waals surface area contributed by atoms with E-state index in [1.807, 2.05) is 0 Å². The highest BCUT2D eigenvalue weighted by molar-refractivity contribution is 5.71. The first-order valence-electron chi connectivity index (χ1n) is 4.16. The minimum Gasteiger partial charge on any atom is -0.480 e. The maximum absolute atomic E-state index is 12.8. The van der Waals surface area contributed by atoms with E-state index in [-0.39, 0.29) is 6.42 Å². The molecule has 0 aliphatic rings. The molecule has 0 saturated heterocycles. The molecule has 1 N–H and O–H groups in total. The Morgan fingerprint density at radius 3 is 2.79 bits per heavy atom. The third-order valence-corrected chi connectivity index (χ3v) is 1.91. The van der Waals surface area contributed by atoms with Crippen molar-refractivity contribution in [2.45, 2.75) is 19.4 Å². The fourth-order valence-corrected chi connectivity index (χ4v) is 1.21. The van der Waals surface area contributed by atoms with Crippen LogP contribution in [0.25, 0.3) is 0 Å². The van der Waals surface area contributed by atoms with Crippen molar-refractivity contribution in [3.63, 3.8) is 0 Å². The largest absolute Gasteiger partial charge is 0.480 e. The zero-order valence-electron chi connectivity index (χ0n) is 7.61. The summed E-state index contributed by atoms with van der Waals surface area (Å²) in [6.07, 6.45) is 1.14. The molecule has 14 heavy (non-hydrogen) atoms. The highest BCUT2D eigenvalue weighted by Crippen LogP contribution is 2.08. The van der Waals surface area contributed by atoms with Crippen LogP contribution in [0.15, 0.2) is 23.1 Å². The van der Waals surface area contributed by atoms with Gasteiger partial charge in [0.15, 0.2) is 0 Å². The van der Waals surface area contributed by atoms with Crippen molar-refractivity contribution >= 4 is 5.97 Å². The average Bonchev–Trinajstić information content (AvgIpc) is 2.11. The van der Waals surface area contributed by atoms with Gasteiger partial charge < -0.3 is 5.11 Å². The van der Waals surface area contributed by atoms with Gasteiger partial charge in [-0.2, -0.15) is 0 Å². The fourth-order valence-electron chi connectivity index (χ4n) is 1.21. The topological polar surface area (TPSA) is 59.3 Å². The van der Waals surface area contributed by atoms with Gasteiger partial charge in [0, 0.05) is 12.3 Å². The third-order valence-electron chi connectivity index (χ3n) is 1.91. The van der Waals surface area contributed by atoms with Crippen LogP contribution in [0.5, 0.6) is 0 Å². The molecule has 4 nitrogen and oxygen atoms in total. The predicted octanol–water partition coefficient (Wildman–Crippen LogP) is 1.02. The molecule has 0 fully saturated rings. The van der Waals surface area contributed by atoms with Gasteiger partial charge in [-0.1, -0.05) is 6.92 Å². The molecule has 1 atom stereocenters. The van der Waals surface area contributed by atoms with Gasteiger partial charge in [-0.05, 0) is 12.5 Å². The van der Waals surface area contributed by atoms with Crippen LogP contribution < -0.4 is 5.56 Å². The Balaban J connectivity index is 3.22. The minimum absolute atomic E-state index is 0.235. The lowest BCUT2D eigenvalue weighted by Crippen LogP contribution is -2.28. The molecule has 5 heteroatoms. The summed E-state index contributed by atoms with van der Waals surface area (Å²) >= 11 is 0. The van der Waals surface area contributed by atoms with E-state index in [1.54, 1.807) is 6.92 Å². The van der Waals surface area contributed by atoms with E-state index in [1.165, 1.54) is 0 Å². The molecule has 0 aromatic carbocycles. The first-order valence-corrected chi connectivity index (χ1v) is 4.16. The first-order chi connectivity index (χ1) is 6.56. The molecule has 1 aromatic heterocycles. The van der Waals surface area contributed by atoms with Crippen LogP contribution >= 0.6 is 0 Å². The second kappa shape index (κ2) is 4.04. The SMILES string of the molecule is CCC(C(=O)O)n1cc(F)ccc1=O. The Morgan fingerprint density at radius 1 is 1.64 bits per heavy atom. The molecule has 1 heterocycles. The van der Waals surface area contributed by atoms with Crippen molar-refractivity contribution in [3.8, 4) is 0 Å². The van der Waals surface area contributed by atoms with Crippen molar-refractivity contribution in [2.75, 3.05) is 0 Å². The molecule has 76 valence electrons. The van der Waals surface area contributed by atoms with E-state index in [0.29, 0.717) is 0 Å². The number of aromatic nitrogens is 1. The van der Waals surface area contributed by atoms with Gasteiger partial charge in [0.1, 0.15) is 11.9 Å². The van der Waals surface area contributed by atoms with Crippen LogP contribution in [0.3, 0.4) is 0 Å².